The van der Waals surface area contributed by atoms with E-state index in [2.05, 4.69) is 42.3 Å². The van der Waals surface area contributed by atoms with Crippen LogP contribution in [0.15, 0.2) is 60.2 Å². The monoisotopic (exact) mass is 478 g/mol. The van der Waals surface area contributed by atoms with Crippen LogP contribution in [0, 0.1) is 0 Å². The van der Waals surface area contributed by atoms with Crippen LogP contribution in [0.1, 0.15) is 42.7 Å². The van der Waals surface area contributed by atoms with E-state index in [0.29, 0.717) is 25.5 Å². The van der Waals surface area contributed by atoms with E-state index < -0.39 is 0 Å². The van der Waals surface area contributed by atoms with Gasteiger partial charge in [0.1, 0.15) is 0 Å². The summed E-state index contributed by atoms with van der Waals surface area (Å²) in [5.41, 5.74) is 3.96. The molecule has 2 bridgehead atoms. The molecule has 3 aromatic rings. The summed E-state index contributed by atoms with van der Waals surface area (Å²) < 4.78 is 7.78. The fraction of sp³-hybridized carbons (Fsp3) is 0.407. The molecule has 7 heteroatoms. The second-order valence-corrected chi connectivity index (χ2v) is 10.1. The summed E-state index contributed by atoms with van der Waals surface area (Å²) in [5.74, 6) is -0.0951. The highest BCUT2D eigenvalue weighted by molar-refractivity contribution is 6.30. The lowest BCUT2D eigenvalue weighted by Crippen LogP contribution is -2.60. The van der Waals surface area contributed by atoms with Gasteiger partial charge in [0.2, 0.25) is 0 Å². The molecule has 3 heterocycles. The number of carbonyl (C=O) groups is 1. The van der Waals surface area contributed by atoms with Crippen molar-refractivity contribution in [2.24, 2.45) is 0 Å². The van der Waals surface area contributed by atoms with Crippen LogP contribution in [0.5, 0.6) is 0 Å². The van der Waals surface area contributed by atoms with Gasteiger partial charge >= 0.3 is 0 Å². The van der Waals surface area contributed by atoms with Gasteiger partial charge in [-0.15, -0.1) is 0 Å². The van der Waals surface area contributed by atoms with E-state index in [1.807, 2.05) is 41.1 Å². The fourth-order valence-corrected chi connectivity index (χ4v) is 5.25. The van der Waals surface area contributed by atoms with Gasteiger partial charge in [-0.3, -0.25) is 14.4 Å². The lowest BCUT2D eigenvalue weighted by molar-refractivity contribution is -0.0843. The smallest absolute Gasteiger partial charge is 0.272 e. The number of ether oxygens (including phenoxy) is 1. The molecule has 3 atom stereocenters. The third-order valence-corrected chi connectivity index (χ3v) is 7.08. The molecule has 1 amide bonds. The van der Waals surface area contributed by atoms with Crippen molar-refractivity contribution in [3.05, 3.63) is 76.5 Å². The maximum Gasteiger partial charge on any atom is 0.272 e. The number of halogens is 1. The molecule has 0 unspecified atom stereocenters. The van der Waals surface area contributed by atoms with Gasteiger partial charge in [0.25, 0.3) is 5.91 Å². The number of nitrogens with one attached hydrogen (secondary N) is 1. The van der Waals surface area contributed by atoms with Crippen molar-refractivity contribution in [1.29, 1.82) is 0 Å². The Morgan fingerprint density at radius 3 is 2.53 bits per heavy atom. The first kappa shape index (κ1) is 23.1. The molecule has 2 fully saturated rings. The van der Waals surface area contributed by atoms with Crippen molar-refractivity contribution in [2.75, 3.05) is 13.2 Å². The highest BCUT2D eigenvalue weighted by Crippen LogP contribution is 2.30. The summed E-state index contributed by atoms with van der Waals surface area (Å²) in [7, 11) is 0. The van der Waals surface area contributed by atoms with Gasteiger partial charge in [-0.2, -0.15) is 5.10 Å². The average Bonchev–Trinajstić information content (AvgIpc) is 3.18. The summed E-state index contributed by atoms with van der Waals surface area (Å²) in [6.45, 7) is 7.04. The van der Waals surface area contributed by atoms with Crippen molar-refractivity contribution in [2.45, 2.75) is 57.9 Å². The molecule has 6 nitrogen and oxygen atoms in total. The molecule has 0 spiro atoms. The molecule has 178 valence electrons. The topological polar surface area (TPSA) is 59.4 Å². The summed E-state index contributed by atoms with van der Waals surface area (Å²) in [6.07, 6.45) is 3.86. The largest absolute Gasteiger partial charge is 0.378 e. The van der Waals surface area contributed by atoms with Crippen LogP contribution in [0.2, 0.25) is 5.02 Å². The Labute approximate surface area is 205 Å². The minimum Gasteiger partial charge on any atom is -0.378 e. The van der Waals surface area contributed by atoms with Gasteiger partial charge in [0.05, 0.1) is 25.3 Å². The summed E-state index contributed by atoms with van der Waals surface area (Å²) in [5, 5.41) is 9.64. The predicted octanol–water partition coefficient (Wildman–Crippen LogP) is 4.82. The number of para-hydroxylation sites is 1. The Balaban J connectivity index is 1.30. The lowest BCUT2D eigenvalue weighted by Gasteiger charge is -2.48. The van der Waals surface area contributed by atoms with E-state index in [1.165, 1.54) is 11.1 Å². The van der Waals surface area contributed by atoms with E-state index in [-0.39, 0.29) is 24.0 Å². The molecule has 2 saturated heterocycles. The van der Waals surface area contributed by atoms with Gasteiger partial charge in [-0.1, -0.05) is 53.6 Å². The summed E-state index contributed by atoms with van der Waals surface area (Å²) in [6, 6.07) is 16.7. The van der Waals surface area contributed by atoms with Gasteiger partial charge < -0.3 is 10.1 Å². The molecular formula is C27H31ClN4O2. The number of piperidine rings is 1. The van der Waals surface area contributed by atoms with Crippen molar-refractivity contribution in [1.82, 2.24) is 20.0 Å². The average molecular weight is 479 g/mol. The molecule has 1 N–H and O–H groups in total. The van der Waals surface area contributed by atoms with Crippen molar-refractivity contribution >= 4 is 28.4 Å². The van der Waals surface area contributed by atoms with Crippen LogP contribution < -0.4 is 5.32 Å². The van der Waals surface area contributed by atoms with Crippen LogP contribution in [-0.2, 0) is 17.8 Å². The Morgan fingerprint density at radius 1 is 1.12 bits per heavy atom. The third-order valence-electron chi connectivity index (χ3n) is 6.83. The molecule has 34 heavy (non-hydrogen) atoms. The van der Waals surface area contributed by atoms with Crippen molar-refractivity contribution < 1.29 is 9.53 Å². The van der Waals surface area contributed by atoms with E-state index >= 15 is 0 Å². The summed E-state index contributed by atoms with van der Waals surface area (Å²) in [4.78, 5) is 15.9. The Bertz CT molecular complexity index is 1190. The van der Waals surface area contributed by atoms with E-state index in [4.69, 9.17) is 21.4 Å². The zero-order valence-electron chi connectivity index (χ0n) is 19.7. The van der Waals surface area contributed by atoms with E-state index in [9.17, 15) is 4.79 Å². The first-order valence-corrected chi connectivity index (χ1v) is 12.3. The molecule has 2 aliphatic rings. The first-order valence-electron chi connectivity index (χ1n) is 12.0. The second kappa shape index (κ2) is 9.90. The van der Waals surface area contributed by atoms with E-state index in [1.54, 1.807) is 0 Å². The van der Waals surface area contributed by atoms with Gasteiger partial charge in [0, 0.05) is 35.1 Å². The number of benzene rings is 2. The molecule has 1 aromatic heterocycles. The SMILES string of the molecule is CC(C)=CCn1nc(C(=O)N[C@H]2C[C@H]3COC[C@@H](C2)N3Cc2ccc(Cl)cc2)c2ccccc21. The zero-order valence-corrected chi connectivity index (χ0v) is 20.5. The third kappa shape index (κ3) is 4.90. The van der Waals surface area contributed by atoms with Gasteiger partial charge in [-0.25, -0.2) is 0 Å². The number of rotatable bonds is 6. The lowest BCUT2D eigenvalue weighted by atomic mass is 9.89. The maximum atomic E-state index is 13.3. The number of fused-ring (bicyclic) bond motifs is 3. The van der Waals surface area contributed by atoms with Crippen molar-refractivity contribution in [3.63, 3.8) is 0 Å². The highest BCUT2D eigenvalue weighted by atomic mass is 35.5. The normalized spacial score (nSPS) is 22.5. The molecule has 5 rings (SSSR count). The van der Waals surface area contributed by atoms with Crippen LogP contribution in [0.3, 0.4) is 0 Å². The maximum absolute atomic E-state index is 13.3. The van der Waals surface area contributed by atoms with Crippen molar-refractivity contribution in [3.8, 4) is 0 Å². The van der Waals surface area contributed by atoms with Crippen LogP contribution >= 0.6 is 11.6 Å². The predicted molar refractivity (Wildman–Crippen MR) is 135 cm³/mol. The molecule has 0 saturated carbocycles. The van der Waals surface area contributed by atoms with Gasteiger partial charge in [0.15, 0.2) is 5.69 Å². The molecule has 0 aliphatic carbocycles. The minimum absolute atomic E-state index is 0.0951. The number of aromatic nitrogens is 2. The molecule has 2 aliphatic heterocycles. The van der Waals surface area contributed by atoms with Gasteiger partial charge in [-0.05, 0) is 50.5 Å². The van der Waals surface area contributed by atoms with E-state index in [0.717, 1.165) is 35.3 Å². The molecular weight excluding hydrogens is 448 g/mol. The van der Waals surface area contributed by atoms with Crippen LogP contribution in [-0.4, -0.2) is 51.9 Å². The zero-order chi connectivity index (χ0) is 23.7. The summed E-state index contributed by atoms with van der Waals surface area (Å²) >= 11 is 6.05. The van der Waals surface area contributed by atoms with Crippen LogP contribution in [0.4, 0.5) is 0 Å². The quantitative estimate of drug-likeness (QED) is 0.516. The highest BCUT2D eigenvalue weighted by Gasteiger charge is 2.39. The van der Waals surface area contributed by atoms with Crippen LogP contribution in [0.25, 0.3) is 10.9 Å². The molecule has 0 radical (unpaired) electrons. The Morgan fingerprint density at radius 2 is 1.82 bits per heavy atom. The standard InChI is InChI=1S/C27H31ClN4O2/c1-18(2)11-12-32-25-6-4-3-5-24(25)26(30-32)27(33)29-21-13-22-16-34-17-23(14-21)31(22)15-19-7-9-20(28)10-8-19/h3-11,21-23H,12-17H2,1-2H3,(H,29,33)/t21-,22-,23+. The first-order chi connectivity index (χ1) is 16.5. The number of hydrogen-bond acceptors (Lipinski definition) is 4. The number of morpholine rings is 1. The Kier molecular flexibility index (Phi) is 6.73. The number of carbonyl (C=O) groups excluding carboxylic acids is 1. The number of amides is 1. The minimum atomic E-state index is -0.0951. The number of nitrogens with zero attached hydrogens (tertiary/aromatic N) is 3. The fourth-order valence-electron chi connectivity index (χ4n) is 5.12. The molecule has 2 aromatic carbocycles. The number of allylic oxidation sites excluding steroid dienone is 2. The second-order valence-electron chi connectivity index (χ2n) is 9.62. The Hall–Kier alpha value is -2.67. The number of hydrogen-bond donors (Lipinski definition) is 1.